The van der Waals surface area contributed by atoms with Crippen LogP contribution in [-0.2, 0) is 9.59 Å². The van der Waals surface area contributed by atoms with Crippen LogP contribution in [0.25, 0.3) is 0 Å². The Balaban J connectivity index is 1.69. The third-order valence-electron chi connectivity index (χ3n) is 6.44. The van der Waals surface area contributed by atoms with Gasteiger partial charge in [0.05, 0.1) is 19.7 Å². The molecule has 0 aromatic heterocycles. The number of para-hydroxylation sites is 1. The fraction of sp³-hybridized carbons (Fsp3) is 0.533. The molecule has 0 radical (unpaired) electrons. The maximum atomic E-state index is 12.6. The van der Waals surface area contributed by atoms with Gasteiger partial charge in [0.15, 0.2) is 0 Å². The summed E-state index contributed by atoms with van der Waals surface area (Å²) in [4.78, 5) is 29.2. The average molecular weight is 511 g/mol. The molecule has 0 saturated heterocycles. The van der Waals surface area contributed by atoms with Gasteiger partial charge in [0.2, 0.25) is 11.8 Å². The summed E-state index contributed by atoms with van der Waals surface area (Å²) >= 11 is 0. The highest BCUT2D eigenvalue weighted by Crippen LogP contribution is 2.26. The highest BCUT2D eigenvalue weighted by Gasteiger charge is 2.13. The molecule has 0 saturated carbocycles. The van der Waals surface area contributed by atoms with Crippen molar-refractivity contribution in [3.8, 4) is 5.75 Å². The number of nitrogens with zero attached hydrogens (tertiary/aromatic N) is 2. The van der Waals surface area contributed by atoms with Gasteiger partial charge in [0.1, 0.15) is 5.75 Å². The van der Waals surface area contributed by atoms with Crippen molar-refractivity contribution in [1.82, 2.24) is 9.80 Å². The lowest BCUT2D eigenvalue weighted by atomic mass is 10.1. The zero-order valence-corrected chi connectivity index (χ0v) is 23.9. The summed E-state index contributed by atoms with van der Waals surface area (Å²) in [6.45, 7) is 13.2. The van der Waals surface area contributed by atoms with Gasteiger partial charge in [-0.1, -0.05) is 31.5 Å². The van der Waals surface area contributed by atoms with Gasteiger partial charge in [0, 0.05) is 11.4 Å². The van der Waals surface area contributed by atoms with E-state index in [0.717, 1.165) is 78.2 Å². The van der Waals surface area contributed by atoms with Crippen molar-refractivity contribution in [1.29, 1.82) is 0 Å². The molecule has 2 rings (SSSR count). The molecule has 2 amide bonds. The van der Waals surface area contributed by atoms with Crippen LogP contribution in [0, 0.1) is 27.7 Å². The van der Waals surface area contributed by atoms with E-state index in [9.17, 15) is 9.59 Å². The number of aryl methyl sites for hydroxylation is 4. The monoisotopic (exact) mass is 510 g/mol. The van der Waals surface area contributed by atoms with E-state index in [1.54, 1.807) is 0 Å². The van der Waals surface area contributed by atoms with Crippen LogP contribution < -0.4 is 15.4 Å². The van der Waals surface area contributed by atoms with Gasteiger partial charge in [-0.25, -0.2) is 0 Å². The minimum atomic E-state index is -0.0198. The molecule has 7 nitrogen and oxygen atoms in total. The summed E-state index contributed by atoms with van der Waals surface area (Å²) in [5, 5.41) is 6.11. The maximum absolute atomic E-state index is 12.6. The number of rotatable bonds is 15. The first-order chi connectivity index (χ1) is 17.6. The number of hydrogen-bond acceptors (Lipinski definition) is 5. The molecule has 0 aliphatic heterocycles. The Kier molecular flexibility index (Phi) is 12.6. The summed E-state index contributed by atoms with van der Waals surface area (Å²) < 4.78 is 5.81. The first kappa shape index (κ1) is 30.3. The maximum Gasteiger partial charge on any atom is 0.238 e. The van der Waals surface area contributed by atoms with Gasteiger partial charge >= 0.3 is 0 Å². The molecule has 0 aliphatic rings. The van der Waals surface area contributed by atoms with Crippen LogP contribution in [0.15, 0.2) is 30.3 Å². The van der Waals surface area contributed by atoms with Gasteiger partial charge < -0.3 is 15.4 Å². The molecule has 0 atom stereocenters. The molecule has 0 bridgehead atoms. The van der Waals surface area contributed by atoms with Gasteiger partial charge in [-0.2, -0.15) is 0 Å². The highest BCUT2D eigenvalue weighted by atomic mass is 16.5. The second kappa shape index (κ2) is 15.4. The molecule has 2 aromatic rings. The number of ether oxygens (including phenoxy) is 1. The van der Waals surface area contributed by atoms with Crippen molar-refractivity contribution in [2.24, 2.45) is 0 Å². The number of unbranched alkanes of at least 4 members (excludes halogenated alkanes) is 2. The topological polar surface area (TPSA) is 73.9 Å². The van der Waals surface area contributed by atoms with Crippen molar-refractivity contribution in [2.45, 2.75) is 60.3 Å². The largest absolute Gasteiger partial charge is 0.494 e. The molecule has 0 unspecified atom stereocenters. The number of amides is 2. The summed E-state index contributed by atoms with van der Waals surface area (Å²) in [6.07, 6.45) is 4.04. The first-order valence-electron chi connectivity index (χ1n) is 13.4. The lowest BCUT2D eigenvalue weighted by Crippen LogP contribution is -2.33. The Morgan fingerprint density at radius 2 is 1.22 bits per heavy atom. The van der Waals surface area contributed by atoms with E-state index < -0.39 is 0 Å². The van der Waals surface area contributed by atoms with Crippen LogP contribution in [0.4, 0.5) is 11.4 Å². The smallest absolute Gasteiger partial charge is 0.238 e. The van der Waals surface area contributed by atoms with E-state index in [1.165, 1.54) is 0 Å². The molecule has 2 N–H and O–H groups in total. The quantitative estimate of drug-likeness (QED) is 0.317. The molecule has 37 heavy (non-hydrogen) atoms. The SMILES string of the molecule is CCCCOc1cc(C)c(NC(=O)CN(C)CCCCN(C)CC(=O)Nc2c(C)cccc2C)c(C)c1. The normalized spacial score (nSPS) is 11.2. The third kappa shape index (κ3) is 10.5. The van der Waals surface area contributed by atoms with E-state index in [2.05, 4.69) is 17.6 Å². The minimum absolute atomic E-state index is 0.000157. The Labute approximate surface area is 223 Å². The van der Waals surface area contributed by atoms with Crippen LogP contribution >= 0.6 is 0 Å². The first-order valence-corrected chi connectivity index (χ1v) is 13.4. The molecule has 204 valence electrons. The third-order valence-corrected chi connectivity index (χ3v) is 6.44. The zero-order valence-electron chi connectivity index (χ0n) is 23.9. The lowest BCUT2D eigenvalue weighted by molar-refractivity contribution is -0.118. The molecule has 0 fully saturated rings. The number of hydrogen-bond donors (Lipinski definition) is 2. The second-order valence-corrected chi connectivity index (χ2v) is 10.2. The minimum Gasteiger partial charge on any atom is -0.494 e. The predicted octanol–water partition coefficient (Wildman–Crippen LogP) is 5.32. The van der Waals surface area contributed by atoms with Gasteiger partial charge in [0.25, 0.3) is 0 Å². The lowest BCUT2D eigenvalue weighted by Gasteiger charge is -2.20. The zero-order chi connectivity index (χ0) is 27.4. The summed E-state index contributed by atoms with van der Waals surface area (Å²) in [7, 11) is 3.93. The number of carbonyl (C=O) groups is 2. The Morgan fingerprint density at radius 1 is 0.757 bits per heavy atom. The highest BCUT2D eigenvalue weighted by molar-refractivity contribution is 5.94. The van der Waals surface area contributed by atoms with Crippen molar-refractivity contribution >= 4 is 23.2 Å². The molecule has 7 heteroatoms. The molecule has 2 aromatic carbocycles. The molecule has 0 aliphatic carbocycles. The van der Waals surface area contributed by atoms with Crippen LogP contribution in [0.2, 0.25) is 0 Å². The van der Waals surface area contributed by atoms with E-state index in [4.69, 9.17) is 4.74 Å². The second-order valence-electron chi connectivity index (χ2n) is 10.2. The van der Waals surface area contributed by atoms with Crippen molar-refractivity contribution in [3.63, 3.8) is 0 Å². The Hall–Kier alpha value is -2.90. The van der Waals surface area contributed by atoms with Gasteiger partial charge in [-0.3, -0.25) is 19.4 Å². The van der Waals surface area contributed by atoms with E-state index in [-0.39, 0.29) is 11.8 Å². The Morgan fingerprint density at radius 3 is 1.68 bits per heavy atom. The van der Waals surface area contributed by atoms with Gasteiger partial charge in [-0.05, 0) is 109 Å². The molecule has 0 heterocycles. The van der Waals surface area contributed by atoms with Crippen LogP contribution in [-0.4, -0.2) is 68.5 Å². The summed E-state index contributed by atoms with van der Waals surface area (Å²) in [6, 6.07) is 9.98. The average Bonchev–Trinajstić information content (AvgIpc) is 2.82. The fourth-order valence-corrected chi connectivity index (χ4v) is 4.32. The number of anilines is 2. The standard InChI is InChI=1S/C30H46N4O3/c1-8-9-17-37-26-18-24(4)30(25(5)19-26)32-28(36)21-34(7)16-11-10-15-33(6)20-27(35)31-29-22(2)13-12-14-23(29)3/h12-14,18-19H,8-11,15-17,20-21H2,1-7H3,(H,31,35)(H,32,36). The van der Waals surface area contributed by atoms with Gasteiger partial charge in [-0.15, -0.1) is 0 Å². The van der Waals surface area contributed by atoms with Crippen LogP contribution in [0.5, 0.6) is 5.75 Å². The molecular formula is C30H46N4O3. The summed E-state index contributed by atoms with van der Waals surface area (Å²) in [5.41, 5.74) is 5.92. The number of nitrogens with one attached hydrogen (secondary N) is 2. The van der Waals surface area contributed by atoms with Crippen LogP contribution in [0.3, 0.4) is 0 Å². The molecular weight excluding hydrogens is 464 g/mol. The number of benzene rings is 2. The van der Waals surface area contributed by atoms with E-state index in [1.807, 2.05) is 81.9 Å². The number of carbonyl (C=O) groups excluding carboxylic acids is 2. The summed E-state index contributed by atoms with van der Waals surface area (Å²) in [5.74, 6) is 0.833. The van der Waals surface area contributed by atoms with Crippen molar-refractivity contribution in [2.75, 3.05) is 57.5 Å². The van der Waals surface area contributed by atoms with Crippen molar-refractivity contribution < 1.29 is 14.3 Å². The Bertz CT molecular complexity index is 994. The fourth-order valence-electron chi connectivity index (χ4n) is 4.32. The predicted molar refractivity (Wildman–Crippen MR) is 154 cm³/mol. The van der Waals surface area contributed by atoms with Crippen LogP contribution in [0.1, 0.15) is 54.9 Å². The van der Waals surface area contributed by atoms with Crippen molar-refractivity contribution in [3.05, 3.63) is 52.6 Å². The number of likely N-dealkylation sites (N-methyl/N-ethyl adjacent to an activating group) is 2. The van der Waals surface area contributed by atoms with E-state index >= 15 is 0 Å². The van der Waals surface area contributed by atoms with E-state index in [0.29, 0.717) is 19.7 Å². The molecule has 0 spiro atoms.